The minimum Gasteiger partial charge on any atom is -0.497 e. The van der Waals surface area contributed by atoms with Crippen molar-refractivity contribution < 1.29 is 24.2 Å². The molecule has 1 fully saturated rings. The van der Waals surface area contributed by atoms with E-state index in [9.17, 15) is 9.59 Å². The number of hydrogen-bond acceptors (Lipinski definition) is 4. The summed E-state index contributed by atoms with van der Waals surface area (Å²) in [5, 5.41) is 9.07. The first-order valence-electron chi connectivity index (χ1n) is 7.54. The third-order valence-corrected chi connectivity index (χ3v) is 3.90. The van der Waals surface area contributed by atoms with Crippen molar-refractivity contribution in [2.24, 2.45) is 0 Å². The highest BCUT2D eigenvalue weighted by Crippen LogP contribution is 2.26. The summed E-state index contributed by atoms with van der Waals surface area (Å²) in [5.74, 6) is 0.116. The Morgan fingerprint density at radius 2 is 1.88 bits per heavy atom. The quantitative estimate of drug-likeness (QED) is 0.913. The molecule has 1 N–H and O–H groups in total. The number of carboxylic acid groups (broad SMARTS) is 1. The number of carboxylic acids is 1. The van der Waals surface area contributed by atoms with E-state index >= 15 is 0 Å². The standard InChI is InChI=1S/C18H17NO5/c1-23-14-5-7-15(8-6-14)24-16-9-10-19(17(16)20)13-4-2-3-12(11-13)18(21)22/h2-8,11,16H,9-10H2,1H3,(H,21,22)/t16-/m1/s1. The summed E-state index contributed by atoms with van der Waals surface area (Å²) in [6, 6.07) is 13.4. The first-order chi connectivity index (χ1) is 11.6. The number of rotatable bonds is 5. The second-order valence-corrected chi connectivity index (χ2v) is 5.42. The van der Waals surface area contributed by atoms with Crippen LogP contribution in [-0.4, -0.2) is 36.7 Å². The Morgan fingerprint density at radius 3 is 2.54 bits per heavy atom. The molecule has 3 rings (SSSR count). The van der Waals surface area contributed by atoms with E-state index in [-0.39, 0.29) is 11.5 Å². The summed E-state index contributed by atoms with van der Waals surface area (Å²) in [7, 11) is 1.58. The van der Waals surface area contributed by atoms with Crippen molar-refractivity contribution in [3.8, 4) is 11.5 Å². The van der Waals surface area contributed by atoms with Gasteiger partial charge < -0.3 is 19.5 Å². The van der Waals surface area contributed by atoms with Gasteiger partial charge in [0.2, 0.25) is 0 Å². The topological polar surface area (TPSA) is 76.1 Å². The summed E-state index contributed by atoms with van der Waals surface area (Å²) in [6.07, 6.45) is -0.0332. The molecule has 0 spiro atoms. The van der Waals surface area contributed by atoms with Gasteiger partial charge in [-0.1, -0.05) is 6.07 Å². The molecule has 24 heavy (non-hydrogen) atoms. The monoisotopic (exact) mass is 327 g/mol. The van der Waals surface area contributed by atoms with E-state index in [2.05, 4.69) is 0 Å². The van der Waals surface area contributed by atoms with Crippen LogP contribution in [0.25, 0.3) is 0 Å². The summed E-state index contributed by atoms with van der Waals surface area (Å²) >= 11 is 0. The van der Waals surface area contributed by atoms with Gasteiger partial charge in [0.25, 0.3) is 5.91 Å². The van der Waals surface area contributed by atoms with Gasteiger partial charge in [-0.3, -0.25) is 4.79 Å². The fourth-order valence-electron chi connectivity index (χ4n) is 2.64. The number of aromatic carboxylic acids is 1. The lowest BCUT2D eigenvalue weighted by atomic mass is 10.2. The van der Waals surface area contributed by atoms with E-state index in [1.165, 1.54) is 12.1 Å². The van der Waals surface area contributed by atoms with Crippen molar-refractivity contribution in [3.63, 3.8) is 0 Å². The first kappa shape index (κ1) is 15.9. The van der Waals surface area contributed by atoms with Crippen LogP contribution < -0.4 is 14.4 Å². The van der Waals surface area contributed by atoms with E-state index in [1.54, 1.807) is 48.4 Å². The molecule has 0 saturated carbocycles. The third-order valence-electron chi connectivity index (χ3n) is 3.90. The third kappa shape index (κ3) is 3.17. The zero-order valence-electron chi connectivity index (χ0n) is 13.1. The predicted octanol–water partition coefficient (Wildman–Crippen LogP) is 2.58. The van der Waals surface area contributed by atoms with Gasteiger partial charge in [-0.15, -0.1) is 0 Å². The molecule has 2 aromatic carbocycles. The van der Waals surface area contributed by atoms with E-state index in [0.717, 1.165) is 0 Å². The minimum atomic E-state index is -1.02. The van der Waals surface area contributed by atoms with Crippen molar-refractivity contribution in [2.75, 3.05) is 18.6 Å². The van der Waals surface area contributed by atoms with E-state index < -0.39 is 12.1 Å². The molecule has 1 heterocycles. The van der Waals surface area contributed by atoms with E-state index in [0.29, 0.717) is 30.2 Å². The number of hydrogen-bond donors (Lipinski definition) is 1. The Morgan fingerprint density at radius 1 is 1.17 bits per heavy atom. The molecule has 1 amide bonds. The molecule has 1 saturated heterocycles. The van der Waals surface area contributed by atoms with Crippen LogP contribution in [0.15, 0.2) is 48.5 Å². The number of carbonyl (C=O) groups is 2. The highest BCUT2D eigenvalue weighted by Gasteiger charge is 2.34. The number of benzene rings is 2. The minimum absolute atomic E-state index is 0.153. The summed E-state index contributed by atoms with van der Waals surface area (Å²) in [6.45, 7) is 0.489. The molecule has 2 aromatic rings. The van der Waals surface area contributed by atoms with Crippen molar-refractivity contribution >= 4 is 17.6 Å². The Bertz CT molecular complexity index is 756. The maximum atomic E-state index is 12.5. The Kier molecular flexibility index (Phi) is 4.37. The zero-order chi connectivity index (χ0) is 17.1. The fraction of sp³-hybridized carbons (Fsp3) is 0.222. The summed E-state index contributed by atoms with van der Waals surface area (Å²) in [4.78, 5) is 25.2. The molecule has 124 valence electrons. The van der Waals surface area contributed by atoms with Gasteiger partial charge >= 0.3 is 5.97 Å². The van der Waals surface area contributed by atoms with Crippen molar-refractivity contribution in [2.45, 2.75) is 12.5 Å². The van der Waals surface area contributed by atoms with Gasteiger partial charge in [0.1, 0.15) is 11.5 Å². The fourth-order valence-corrected chi connectivity index (χ4v) is 2.64. The van der Waals surface area contributed by atoms with Crippen LogP contribution >= 0.6 is 0 Å². The van der Waals surface area contributed by atoms with Gasteiger partial charge in [0.05, 0.1) is 12.7 Å². The molecular weight excluding hydrogens is 310 g/mol. The van der Waals surface area contributed by atoms with Crippen molar-refractivity contribution in [1.82, 2.24) is 0 Å². The number of anilines is 1. The van der Waals surface area contributed by atoms with Gasteiger partial charge in [-0.2, -0.15) is 0 Å². The van der Waals surface area contributed by atoms with Crippen LogP contribution in [0.2, 0.25) is 0 Å². The molecule has 6 nitrogen and oxygen atoms in total. The first-order valence-corrected chi connectivity index (χ1v) is 7.54. The molecule has 0 bridgehead atoms. The van der Waals surface area contributed by atoms with Crippen LogP contribution in [0, 0.1) is 0 Å². The lowest BCUT2D eigenvalue weighted by Crippen LogP contribution is -2.32. The number of amides is 1. The average Bonchev–Trinajstić information content (AvgIpc) is 2.96. The summed E-state index contributed by atoms with van der Waals surface area (Å²) in [5.41, 5.74) is 0.723. The van der Waals surface area contributed by atoms with Crippen LogP contribution in [0.3, 0.4) is 0 Å². The number of methoxy groups -OCH3 is 1. The average molecular weight is 327 g/mol. The maximum absolute atomic E-state index is 12.5. The SMILES string of the molecule is COc1ccc(O[C@@H]2CCN(c3cccc(C(=O)O)c3)C2=O)cc1. The smallest absolute Gasteiger partial charge is 0.335 e. The van der Waals surface area contributed by atoms with Crippen molar-refractivity contribution in [1.29, 1.82) is 0 Å². The second-order valence-electron chi connectivity index (χ2n) is 5.42. The Labute approximate surface area is 139 Å². The number of ether oxygens (including phenoxy) is 2. The Hall–Kier alpha value is -3.02. The van der Waals surface area contributed by atoms with Gasteiger partial charge in [-0.25, -0.2) is 4.79 Å². The van der Waals surface area contributed by atoms with E-state index in [1.807, 2.05) is 0 Å². The highest BCUT2D eigenvalue weighted by molar-refractivity contribution is 6.00. The predicted molar refractivity (Wildman–Crippen MR) is 87.8 cm³/mol. The molecule has 1 aliphatic heterocycles. The van der Waals surface area contributed by atoms with E-state index in [4.69, 9.17) is 14.6 Å². The second kappa shape index (κ2) is 6.62. The normalized spacial score (nSPS) is 17.0. The van der Waals surface area contributed by atoms with Gasteiger partial charge in [0.15, 0.2) is 6.10 Å². The largest absolute Gasteiger partial charge is 0.497 e. The van der Waals surface area contributed by atoms with Crippen LogP contribution in [0.4, 0.5) is 5.69 Å². The maximum Gasteiger partial charge on any atom is 0.335 e. The lowest BCUT2D eigenvalue weighted by molar-refractivity contribution is -0.122. The van der Waals surface area contributed by atoms with Crippen molar-refractivity contribution in [3.05, 3.63) is 54.1 Å². The molecule has 6 heteroatoms. The van der Waals surface area contributed by atoms with Crippen LogP contribution in [0.5, 0.6) is 11.5 Å². The van der Waals surface area contributed by atoms with Crippen LogP contribution in [0.1, 0.15) is 16.8 Å². The molecule has 0 aromatic heterocycles. The molecule has 0 unspecified atom stereocenters. The number of nitrogens with zero attached hydrogens (tertiary/aromatic N) is 1. The zero-order valence-corrected chi connectivity index (χ0v) is 13.1. The molecular formula is C18H17NO5. The lowest BCUT2D eigenvalue weighted by Gasteiger charge is -2.17. The van der Waals surface area contributed by atoms with Gasteiger partial charge in [0, 0.05) is 18.7 Å². The Balaban J connectivity index is 1.72. The molecule has 0 radical (unpaired) electrons. The highest BCUT2D eigenvalue weighted by atomic mass is 16.5. The number of carbonyl (C=O) groups excluding carboxylic acids is 1. The molecule has 1 aliphatic rings. The molecule has 0 aliphatic carbocycles. The summed E-state index contributed by atoms with van der Waals surface area (Å²) < 4.78 is 10.8. The van der Waals surface area contributed by atoms with Crippen LogP contribution in [-0.2, 0) is 4.79 Å². The molecule has 1 atom stereocenters. The van der Waals surface area contributed by atoms with Gasteiger partial charge in [-0.05, 0) is 42.5 Å².